The van der Waals surface area contributed by atoms with Crippen LogP contribution in [-0.4, -0.2) is 39.4 Å². The summed E-state index contributed by atoms with van der Waals surface area (Å²) in [4.78, 5) is 14.1. The number of hydrogen-bond acceptors (Lipinski definition) is 3. The normalized spacial score (nSPS) is 22.2. The smallest absolute Gasteiger partial charge is 0.232 e. The Bertz CT molecular complexity index is 279. The number of thiocarbonyl (C=S) groups is 1. The highest BCUT2D eigenvalue weighted by Gasteiger charge is 2.32. The summed E-state index contributed by atoms with van der Waals surface area (Å²) in [5.41, 5.74) is 5.49. The minimum Gasteiger partial charge on any atom is -0.393 e. The summed E-state index contributed by atoms with van der Waals surface area (Å²) in [5, 5.41) is 0. The van der Waals surface area contributed by atoms with Gasteiger partial charge in [-0.25, -0.2) is 0 Å². The molecule has 0 bridgehead atoms. The minimum absolute atomic E-state index is 0.0656. The van der Waals surface area contributed by atoms with Crippen LogP contribution in [0.4, 0.5) is 0 Å². The van der Waals surface area contributed by atoms with E-state index in [-0.39, 0.29) is 21.6 Å². The molecule has 0 spiro atoms. The Hall–Kier alpha value is -0.290. The molecule has 0 aromatic rings. The average molecular weight is 246 g/mol. The van der Waals surface area contributed by atoms with Crippen molar-refractivity contribution in [2.24, 2.45) is 11.7 Å². The van der Waals surface area contributed by atoms with Crippen molar-refractivity contribution in [3.8, 4) is 0 Å². The summed E-state index contributed by atoms with van der Waals surface area (Å²) in [6.07, 6.45) is 0. The van der Waals surface area contributed by atoms with Gasteiger partial charge in [-0.1, -0.05) is 12.2 Å². The fraction of sp³-hybridized carbons (Fsp3) is 0.800. The molecular formula is C10H18N2OS2. The zero-order valence-electron chi connectivity index (χ0n) is 9.45. The van der Waals surface area contributed by atoms with Gasteiger partial charge in [0, 0.05) is 23.6 Å². The summed E-state index contributed by atoms with van der Waals surface area (Å²) in [6.45, 7) is 7.67. The number of carbonyl (C=O) groups excluding carboxylic acids is 1. The first-order chi connectivity index (χ1) is 6.83. The van der Waals surface area contributed by atoms with Gasteiger partial charge in [-0.3, -0.25) is 4.79 Å². The van der Waals surface area contributed by atoms with Crippen LogP contribution in [0.25, 0.3) is 0 Å². The monoisotopic (exact) mass is 246 g/mol. The van der Waals surface area contributed by atoms with E-state index in [1.807, 2.05) is 16.7 Å². The number of hydrogen-bond donors (Lipinski definition) is 1. The van der Waals surface area contributed by atoms with E-state index in [9.17, 15) is 4.79 Å². The van der Waals surface area contributed by atoms with Crippen molar-refractivity contribution in [3.05, 3.63) is 0 Å². The Kier molecular flexibility index (Phi) is 4.00. The van der Waals surface area contributed by atoms with Crippen molar-refractivity contribution in [1.82, 2.24) is 4.90 Å². The molecule has 1 atom stereocenters. The van der Waals surface area contributed by atoms with Crippen LogP contribution in [0.2, 0.25) is 0 Å². The van der Waals surface area contributed by atoms with E-state index in [2.05, 4.69) is 13.8 Å². The molecule has 0 saturated carbocycles. The standard InChI is InChI=1S/C10H18N2OS2/c1-7(8(11)14)9(13)12-4-5-15-10(2,3)6-12/h7H,4-6H2,1-3H3,(H2,11,14). The minimum atomic E-state index is -0.334. The lowest BCUT2D eigenvalue weighted by molar-refractivity contribution is -0.133. The van der Waals surface area contributed by atoms with Crippen LogP contribution in [0, 0.1) is 5.92 Å². The third kappa shape index (κ3) is 3.34. The van der Waals surface area contributed by atoms with Crippen molar-refractivity contribution < 1.29 is 4.79 Å². The van der Waals surface area contributed by atoms with Crippen LogP contribution in [-0.2, 0) is 4.79 Å². The first kappa shape index (κ1) is 12.8. The molecule has 86 valence electrons. The van der Waals surface area contributed by atoms with Gasteiger partial charge in [-0.2, -0.15) is 11.8 Å². The molecule has 1 fully saturated rings. The highest BCUT2D eigenvalue weighted by molar-refractivity contribution is 8.00. The van der Waals surface area contributed by atoms with Crippen molar-refractivity contribution in [2.75, 3.05) is 18.8 Å². The fourth-order valence-electron chi connectivity index (χ4n) is 1.60. The molecule has 3 nitrogen and oxygen atoms in total. The Balaban J connectivity index is 2.64. The molecular weight excluding hydrogens is 228 g/mol. The molecule has 0 aromatic heterocycles. The van der Waals surface area contributed by atoms with E-state index >= 15 is 0 Å². The number of nitrogens with two attached hydrogens (primary N) is 1. The summed E-state index contributed by atoms with van der Waals surface area (Å²) in [6, 6.07) is 0. The molecule has 0 aliphatic carbocycles. The van der Waals surface area contributed by atoms with Crippen LogP contribution < -0.4 is 5.73 Å². The summed E-state index contributed by atoms with van der Waals surface area (Å²) >= 11 is 6.75. The van der Waals surface area contributed by atoms with E-state index in [1.54, 1.807) is 6.92 Å². The lowest BCUT2D eigenvalue weighted by Gasteiger charge is -2.38. The lowest BCUT2D eigenvalue weighted by atomic mass is 10.1. The topological polar surface area (TPSA) is 46.3 Å². The van der Waals surface area contributed by atoms with Crippen molar-refractivity contribution in [2.45, 2.75) is 25.5 Å². The third-order valence-corrected chi connectivity index (χ3v) is 4.19. The van der Waals surface area contributed by atoms with Crippen LogP contribution in [0.1, 0.15) is 20.8 Å². The maximum absolute atomic E-state index is 12.0. The molecule has 0 radical (unpaired) electrons. The van der Waals surface area contributed by atoms with E-state index in [0.29, 0.717) is 0 Å². The van der Waals surface area contributed by atoms with Crippen molar-refractivity contribution >= 4 is 34.9 Å². The summed E-state index contributed by atoms with van der Waals surface area (Å²) in [7, 11) is 0. The fourth-order valence-corrected chi connectivity index (χ4v) is 2.81. The molecule has 1 saturated heterocycles. The van der Waals surface area contributed by atoms with Gasteiger partial charge >= 0.3 is 0 Å². The zero-order chi connectivity index (χ0) is 11.6. The van der Waals surface area contributed by atoms with Crippen molar-refractivity contribution in [1.29, 1.82) is 0 Å². The summed E-state index contributed by atoms with van der Waals surface area (Å²) in [5.74, 6) is 0.720. The number of thioether (sulfide) groups is 1. The molecule has 1 rings (SSSR count). The second-order valence-electron chi connectivity index (χ2n) is 4.49. The van der Waals surface area contributed by atoms with Crippen LogP contribution >= 0.6 is 24.0 Å². The number of nitrogens with zero attached hydrogens (tertiary/aromatic N) is 1. The van der Waals surface area contributed by atoms with E-state index in [1.165, 1.54) is 0 Å². The lowest BCUT2D eigenvalue weighted by Crippen LogP contribution is -2.49. The van der Waals surface area contributed by atoms with Crippen LogP contribution in [0.3, 0.4) is 0 Å². The first-order valence-corrected chi connectivity index (χ1v) is 6.45. The Morgan fingerprint density at radius 2 is 2.20 bits per heavy atom. The van der Waals surface area contributed by atoms with Gasteiger partial charge in [-0.15, -0.1) is 0 Å². The highest BCUT2D eigenvalue weighted by Crippen LogP contribution is 2.30. The molecule has 0 aromatic carbocycles. The van der Waals surface area contributed by atoms with Gasteiger partial charge < -0.3 is 10.6 Å². The van der Waals surface area contributed by atoms with Gasteiger partial charge in [0.25, 0.3) is 0 Å². The predicted octanol–water partition coefficient (Wildman–Crippen LogP) is 1.26. The Morgan fingerprint density at radius 3 is 2.67 bits per heavy atom. The van der Waals surface area contributed by atoms with Gasteiger partial charge in [0.15, 0.2) is 0 Å². The third-order valence-electron chi connectivity index (χ3n) is 2.53. The predicted molar refractivity (Wildman–Crippen MR) is 69.1 cm³/mol. The molecule has 1 amide bonds. The van der Waals surface area contributed by atoms with E-state index in [4.69, 9.17) is 18.0 Å². The molecule has 5 heteroatoms. The highest BCUT2D eigenvalue weighted by atomic mass is 32.2. The van der Waals surface area contributed by atoms with Gasteiger partial charge in [0.1, 0.15) is 0 Å². The molecule has 1 aliphatic heterocycles. The molecule has 1 aliphatic rings. The second-order valence-corrected chi connectivity index (χ2v) is 6.77. The quantitative estimate of drug-likeness (QED) is 0.745. The van der Waals surface area contributed by atoms with E-state index in [0.717, 1.165) is 18.8 Å². The van der Waals surface area contributed by atoms with E-state index < -0.39 is 0 Å². The van der Waals surface area contributed by atoms with Gasteiger partial charge in [-0.05, 0) is 20.8 Å². The number of carbonyl (C=O) groups is 1. The SMILES string of the molecule is CC(C(=O)N1CCSC(C)(C)C1)C(N)=S. The first-order valence-electron chi connectivity index (χ1n) is 5.05. The average Bonchev–Trinajstić information content (AvgIpc) is 2.13. The maximum atomic E-state index is 12.0. The Labute approximate surface area is 101 Å². The summed E-state index contributed by atoms with van der Waals surface area (Å²) < 4.78 is 0.143. The molecule has 15 heavy (non-hydrogen) atoms. The maximum Gasteiger partial charge on any atom is 0.232 e. The van der Waals surface area contributed by atoms with Gasteiger partial charge in [0.05, 0.1) is 10.9 Å². The number of rotatable bonds is 2. The second kappa shape index (κ2) is 4.70. The zero-order valence-corrected chi connectivity index (χ0v) is 11.1. The van der Waals surface area contributed by atoms with Crippen LogP contribution in [0.5, 0.6) is 0 Å². The van der Waals surface area contributed by atoms with Crippen LogP contribution in [0.15, 0.2) is 0 Å². The van der Waals surface area contributed by atoms with Gasteiger partial charge in [0.2, 0.25) is 5.91 Å². The number of amides is 1. The largest absolute Gasteiger partial charge is 0.393 e. The molecule has 1 heterocycles. The Morgan fingerprint density at radius 1 is 1.60 bits per heavy atom. The molecule has 1 unspecified atom stereocenters. The van der Waals surface area contributed by atoms with Crippen molar-refractivity contribution in [3.63, 3.8) is 0 Å². The molecule has 2 N–H and O–H groups in total.